The molecule has 6 nitrogen and oxygen atoms in total. The van der Waals surface area contributed by atoms with Crippen LogP contribution in [-0.4, -0.2) is 45.9 Å². The quantitative estimate of drug-likeness (QED) is 0.856. The summed E-state index contributed by atoms with van der Waals surface area (Å²) in [6.45, 7) is 1.85. The first-order valence-electron chi connectivity index (χ1n) is 7.23. The molecule has 2 rings (SSSR count). The summed E-state index contributed by atoms with van der Waals surface area (Å²) in [4.78, 5) is 36.3. The van der Waals surface area contributed by atoms with Gasteiger partial charge < -0.3 is 14.7 Å². The number of amides is 1. The van der Waals surface area contributed by atoms with Crippen molar-refractivity contribution < 1.29 is 24.2 Å². The first-order valence-corrected chi connectivity index (χ1v) is 8.11. The van der Waals surface area contributed by atoms with E-state index in [1.807, 2.05) is 0 Å². The molecule has 0 aromatic heterocycles. The first-order chi connectivity index (χ1) is 10.9. The zero-order valence-corrected chi connectivity index (χ0v) is 13.8. The molecule has 0 bridgehead atoms. The number of likely N-dealkylation sites (tertiary alicyclic amines) is 1. The van der Waals surface area contributed by atoms with Gasteiger partial charge in [-0.15, -0.1) is 0 Å². The van der Waals surface area contributed by atoms with Crippen LogP contribution in [-0.2, 0) is 14.4 Å². The molecule has 1 saturated heterocycles. The van der Waals surface area contributed by atoms with Crippen molar-refractivity contribution in [3.8, 4) is 5.75 Å². The summed E-state index contributed by atoms with van der Waals surface area (Å²) in [7, 11) is 1.55. The number of rotatable bonds is 6. The van der Waals surface area contributed by atoms with Crippen molar-refractivity contribution in [2.75, 3.05) is 13.7 Å². The molecule has 1 N–H and O–H groups in total. The summed E-state index contributed by atoms with van der Waals surface area (Å²) in [5.41, 5.74) is 0.745. The average molecular weight is 337 g/mol. The zero-order chi connectivity index (χ0) is 17.0. The third-order valence-electron chi connectivity index (χ3n) is 3.70. The van der Waals surface area contributed by atoms with Gasteiger partial charge in [-0.3, -0.25) is 14.4 Å². The second-order valence-corrected chi connectivity index (χ2v) is 6.85. The highest BCUT2D eigenvalue weighted by molar-refractivity contribution is 8.14. The minimum atomic E-state index is -0.971. The number of carbonyl (C=O) groups is 3. The minimum Gasteiger partial charge on any atom is -0.497 e. The Labute approximate surface area is 138 Å². The molecule has 23 heavy (non-hydrogen) atoms. The molecule has 1 fully saturated rings. The number of nitrogens with zero attached hydrogens (tertiary/aromatic N) is 1. The highest BCUT2D eigenvalue weighted by atomic mass is 32.2. The van der Waals surface area contributed by atoms with E-state index in [2.05, 4.69) is 0 Å². The number of carbonyl (C=O) groups excluding carboxylic acids is 2. The lowest BCUT2D eigenvalue weighted by Crippen LogP contribution is -2.32. The molecule has 0 spiro atoms. The molecule has 1 aromatic carbocycles. The lowest BCUT2D eigenvalue weighted by molar-refractivity contribution is -0.140. The van der Waals surface area contributed by atoms with Crippen LogP contribution in [0, 0.1) is 0 Å². The first kappa shape index (κ1) is 17.3. The van der Waals surface area contributed by atoms with Crippen LogP contribution in [0.1, 0.15) is 31.4 Å². The molecule has 0 aliphatic carbocycles. The lowest BCUT2D eigenvalue weighted by Gasteiger charge is -2.27. The van der Waals surface area contributed by atoms with Crippen LogP contribution in [0.15, 0.2) is 24.3 Å². The minimum absolute atomic E-state index is 0.0381. The van der Waals surface area contributed by atoms with Gasteiger partial charge in [0.2, 0.25) is 5.91 Å². The van der Waals surface area contributed by atoms with Gasteiger partial charge in [0, 0.05) is 25.1 Å². The zero-order valence-electron chi connectivity index (χ0n) is 13.0. The highest BCUT2D eigenvalue weighted by Gasteiger charge is 2.36. The van der Waals surface area contributed by atoms with E-state index in [1.54, 1.807) is 36.3 Å². The van der Waals surface area contributed by atoms with Crippen molar-refractivity contribution in [3.63, 3.8) is 0 Å². The van der Waals surface area contributed by atoms with Crippen LogP contribution in [0.25, 0.3) is 0 Å². The van der Waals surface area contributed by atoms with Gasteiger partial charge >= 0.3 is 5.97 Å². The second-order valence-electron chi connectivity index (χ2n) is 5.37. The molecule has 1 heterocycles. The van der Waals surface area contributed by atoms with E-state index in [-0.39, 0.29) is 29.1 Å². The lowest BCUT2D eigenvalue weighted by atomic mass is 10.0. The van der Waals surface area contributed by atoms with Gasteiger partial charge in [0.25, 0.3) is 0 Å². The number of benzene rings is 1. The van der Waals surface area contributed by atoms with Crippen LogP contribution in [0.3, 0.4) is 0 Å². The smallest absolute Gasteiger partial charge is 0.305 e. The maximum atomic E-state index is 12.3. The molecule has 0 radical (unpaired) electrons. The summed E-state index contributed by atoms with van der Waals surface area (Å²) < 4.78 is 5.10. The monoisotopic (exact) mass is 337 g/mol. The standard InChI is InChI=1S/C16H19NO5S/c1-10(18)23-13-7-15(19)17(9-13)14(8-16(20)21)11-3-5-12(22-2)6-4-11/h3-6,13-14H,7-9H2,1-2H3,(H,20,21). The van der Waals surface area contributed by atoms with E-state index >= 15 is 0 Å². The topological polar surface area (TPSA) is 83.9 Å². The van der Waals surface area contributed by atoms with E-state index < -0.39 is 12.0 Å². The van der Waals surface area contributed by atoms with Gasteiger partial charge in [0.1, 0.15) is 5.75 Å². The molecule has 1 aromatic rings. The fourth-order valence-corrected chi connectivity index (χ4v) is 3.64. The predicted octanol–water partition coefficient (Wildman–Crippen LogP) is 2.09. The number of aliphatic carboxylic acids is 1. The van der Waals surface area contributed by atoms with Gasteiger partial charge in [-0.1, -0.05) is 23.9 Å². The van der Waals surface area contributed by atoms with E-state index in [0.29, 0.717) is 12.3 Å². The van der Waals surface area contributed by atoms with Crippen LogP contribution >= 0.6 is 11.8 Å². The van der Waals surface area contributed by atoms with Crippen molar-refractivity contribution >= 4 is 28.8 Å². The van der Waals surface area contributed by atoms with Gasteiger partial charge in [-0.2, -0.15) is 0 Å². The maximum Gasteiger partial charge on any atom is 0.305 e. The SMILES string of the molecule is COc1ccc(C(CC(=O)O)N2CC(SC(C)=O)CC2=O)cc1. The molecule has 1 aliphatic heterocycles. The molecule has 0 saturated carbocycles. The maximum absolute atomic E-state index is 12.3. The van der Waals surface area contributed by atoms with Crippen LogP contribution in [0.5, 0.6) is 5.75 Å². The van der Waals surface area contributed by atoms with E-state index in [1.165, 1.54) is 6.92 Å². The van der Waals surface area contributed by atoms with Crippen molar-refractivity contribution in [3.05, 3.63) is 29.8 Å². The molecular weight excluding hydrogens is 318 g/mol. The molecular formula is C16H19NO5S. The summed E-state index contributed by atoms with van der Waals surface area (Å²) >= 11 is 1.14. The number of hydrogen-bond acceptors (Lipinski definition) is 5. The number of ether oxygens (including phenoxy) is 1. The number of carboxylic acids is 1. The Morgan fingerprint density at radius 3 is 2.57 bits per heavy atom. The van der Waals surface area contributed by atoms with Crippen LogP contribution < -0.4 is 4.74 Å². The average Bonchev–Trinajstić information content (AvgIpc) is 2.84. The Morgan fingerprint density at radius 1 is 1.39 bits per heavy atom. The Hall–Kier alpha value is -2.02. The molecule has 7 heteroatoms. The summed E-state index contributed by atoms with van der Waals surface area (Å²) in [5.74, 6) is -0.423. The van der Waals surface area contributed by atoms with Crippen LogP contribution in [0.2, 0.25) is 0 Å². The van der Waals surface area contributed by atoms with E-state index in [0.717, 1.165) is 17.3 Å². The van der Waals surface area contributed by atoms with Crippen molar-refractivity contribution in [2.45, 2.75) is 31.1 Å². The fraction of sp³-hybridized carbons (Fsp3) is 0.438. The molecule has 124 valence electrons. The van der Waals surface area contributed by atoms with Gasteiger partial charge in [0.15, 0.2) is 5.12 Å². The second kappa shape index (κ2) is 7.50. The Bertz CT molecular complexity index is 601. The highest BCUT2D eigenvalue weighted by Crippen LogP contribution is 2.33. The molecule has 2 unspecified atom stereocenters. The van der Waals surface area contributed by atoms with Crippen LogP contribution in [0.4, 0.5) is 0 Å². The van der Waals surface area contributed by atoms with Gasteiger partial charge in [-0.25, -0.2) is 0 Å². The third-order valence-corrected chi connectivity index (χ3v) is 4.68. The van der Waals surface area contributed by atoms with Crippen molar-refractivity contribution in [2.24, 2.45) is 0 Å². The van der Waals surface area contributed by atoms with Crippen molar-refractivity contribution in [1.29, 1.82) is 0 Å². The molecule has 2 atom stereocenters. The Kier molecular flexibility index (Phi) is 5.65. The summed E-state index contributed by atoms with van der Waals surface area (Å²) in [6.07, 6.45) is 0.0893. The molecule has 1 aliphatic rings. The Balaban J connectivity index is 2.22. The largest absolute Gasteiger partial charge is 0.497 e. The molecule has 1 amide bonds. The predicted molar refractivity (Wildman–Crippen MR) is 86.4 cm³/mol. The van der Waals surface area contributed by atoms with Crippen molar-refractivity contribution in [1.82, 2.24) is 4.90 Å². The fourth-order valence-electron chi connectivity index (χ4n) is 2.71. The van der Waals surface area contributed by atoms with Gasteiger partial charge in [0.05, 0.1) is 19.6 Å². The number of methoxy groups -OCH3 is 1. The van der Waals surface area contributed by atoms with E-state index in [9.17, 15) is 19.5 Å². The Morgan fingerprint density at radius 2 is 2.04 bits per heavy atom. The number of hydrogen-bond donors (Lipinski definition) is 1. The summed E-state index contributed by atoms with van der Waals surface area (Å²) in [5, 5.41) is 9.03. The number of carboxylic acid groups (broad SMARTS) is 1. The normalized spacial score (nSPS) is 18.8. The summed E-state index contributed by atoms with van der Waals surface area (Å²) in [6, 6.07) is 6.48. The third kappa shape index (κ3) is 4.48. The van der Waals surface area contributed by atoms with Gasteiger partial charge in [-0.05, 0) is 17.7 Å². The van der Waals surface area contributed by atoms with E-state index in [4.69, 9.17) is 4.74 Å². The number of thioether (sulfide) groups is 1.